The van der Waals surface area contributed by atoms with Gasteiger partial charge in [-0.05, 0) is 49.4 Å². The fourth-order valence-corrected chi connectivity index (χ4v) is 3.85. The highest BCUT2D eigenvalue weighted by molar-refractivity contribution is 7.99. The molecule has 3 N–H and O–H groups in total. The van der Waals surface area contributed by atoms with Crippen LogP contribution in [0, 0.1) is 12.7 Å². The first-order valence-electron chi connectivity index (χ1n) is 9.35. The first-order chi connectivity index (χ1) is 14.1. The first kappa shape index (κ1) is 19.5. The van der Waals surface area contributed by atoms with Crippen LogP contribution >= 0.6 is 11.8 Å². The van der Waals surface area contributed by atoms with Crippen LogP contribution in [0.2, 0.25) is 0 Å². The number of benzene rings is 2. The third-order valence-corrected chi connectivity index (χ3v) is 5.71. The molecule has 0 amide bonds. The summed E-state index contributed by atoms with van der Waals surface area (Å²) in [6.45, 7) is 5.25. The van der Waals surface area contributed by atoms with Gasteiger partial charge in [0.1, 0.15) is 10.8 Å². The summed E-state index contributed by atoms with van der Waals surface area (Å²) in [5, 5.41) is 4.00. The summed E-state index contributed by atoms with van der Waals surface area (Å²) >= 11 is 1.38. The minimum Gasteiger partial charge on any atom is -0.396 e. The number of rotatable bonds is 5. The molecule has 1 aliphatic heterocycles. The van der Waals surface area contributed by atoms with E-state index in [2.05, 4.69) is 32.3 Å². The van der Waals surface area contributed by atoms with E-state index in [1.54, 1.807) is 18.3 Å². The molecule has 0 radical (unpaired) electrons. The highest BCUT2D eigenvalue weighted by atomic mass is 32.2. The van der Waals surface area contributed by atoms with Gasteiger partial charge in [-0.15, -0.1) is 0 Å². The van der Waals surface area contributed by atoms with Crippen LogP contribution in [-0.4, -0.2) is 36.3 Å². The largest absolute Gasteiger partial charge is 0.396 e. The molecule has 29 heavy (non-hydrogen) atoms. The van der Waals surface area contributed by atoms with Crippen molar-refractivity contribution in [1.82, 2.24) is 9.97 Å². The minimum atomic E-state index is -0.430. The topological polar surface area (TPSA) is 76.3 Å². The molecule has 2 heterocycles. The number of hydrogen-bond acceptors (Lipinski definition) is 7. The third-order valence-electron chi connectivity index (χ3n) is 4.61. The van der Waals surface area contributed by atoms with Gasteiger partial charge in [0.25, 0.3) is 0 Å². The van der Waals surface area contributed by atoms with Crippen LogP contribution in [0.5, 0.6) is 0 Å². The van der Waals surface area contributed by atoms with Gasteiger partial charge in [-0.1, -0.05) is 11.8 Å². The molecule has 1 fully saturated rings. The summed E-state index contributed by atoms with van der Waals surface area (Å²) in [5.41, 5.74) is 8.68. The molecule has 0 aliphatic carbocycles. The van der Waals surface area contributed by atoms with E-state index < -0.39 is 5.82 Å². The summed E-state index contributed by atoms with van der Waals surface area (Å²) in [6.07, 6.45) is 1.76. The number of morpholine rings is 1. The summed E-state index contributed by atoms with van der Waals surface area (Å²) in [5.74, 6) is 0.0635. The molecule has 0 saturated carbocycles. The monoisotopic (exact) mass is 411 g/mol. The SMILES string of the molecule is Cc1cnc(Nc2ccc(N3CCOCC3)cc2)nc1Sc1ccc(N)c(F)c1. The van der Waals surface area contributed by atoms with Crippen LogP contribution in [0.15, 0.2) is 58.6 Å². The number of nitrogens with one attached hydrogen (secondary N) is 1. The third kappa shape index (κ3) is 4.78. The maximum Gasteiger partial charge on any atom is 0.228 e. The van der Waals surface area contributed by atoms with Crippen molar-refractivity contribution in [2.24, 2.45) is 0 Å². The van der Waals surface area contributed by atoms with Crippen molar-refractivity contribution in [1.29, 1.82) is 0 Å². The molecule has 6 nitrogen and oxygen atoms in total. The second-order valence-corrected chi connectivity index (χ2v) is 7.80. The number of halogens is 1. The van der Waals surface area contributed by atoms with E-state index in [0.717, 1.165) is 47.5 Å². The average molecular weight is 412 g/mol. The summed E-state index contributed by atoms with van der Waals surface area (Å²) in [7, 11) is 0. The van der Waals surface area contributed by atoms with Crippen LogP contribution in [0.3, 0.4) is 0 Å². The predicted molar refractivity (Wildman–Crippen MR) is 114 cm³/mol. The van der Waals surface area contributed by atoms with Gasteiger partial charge in [-0.3, -0.25) is 0 Å². The van der Waals surface area contributed by atoms with E-state index in [1.807, 2.05) is 19.1 Å². The van der Waals surface area contributed by atoms with Gasteiger partial charge in [0.2, 0.25) is 5.95 Å². The van der Waals surface area contributed by atoms with E-state index in [4.69, 9.17) is 10.5 Å². The van der Waals surface area contributed by atoms with Crippen LogP contribution in [0.1, 0.15) is 5.56 Å². The lowest BCUT2D eigenvalue weighted by Crippen LogP contribution is -2.36. The fourth-order valence-electron chi connectivity index (χ4n) is 2.98. The van der Waals surface area contributed by atoms with Crippen molar-refractivity contribution in [2.45, 2.75) is 16.8 Å². The molecule has 1 aliphatic rings. The lowest BCUT2D eigenvalue weighted by Gasteiger charge is -2.28. The van der Waals surface area contributed by atoms with Gasteiger partial charge < -0.3 is 20.7 Å². The fraction of sp³-hybridized carbons (Fsp3) is 0.238. The highest BCUT2D eigenvalue weighted by Gasteiger charge is 2.12. The molecule has 4 rings (SSSR count). The Balaban J connectivity index is 1.47. The second kappa shape index (κ2) is 8.67. The molecule has 8 heteroatoms. The highest BCUT2D eigenvalue weighted by Crippen LogP contribution is 2.31. The Morgan fingerprint density at radius 3 is 2.62 bits per heavy atom. The number of hydrogen-bond donors (Lipinski definition) is 2. The quantitative estimate of drug-likeness (QED) is 0.480. The van der Waals surface area contributed by atoms with Gasteiger partial charge in [0.15, 0.2) is 0 Å². The van der Waals surface area contributed by atoms with E-state index in [0.29, 0.717) is 5.95 Å². The van der Waals surface area contributed by atoms with Crippen LogP contribution in [0.25, 0.3) is 0 Å². The Morgan fingerprint density at radius 1 is 1.14 bits per heavy atom. The Morgan fingerprint density at radius 2 is 1.90 bits per heavy atom. The van der Waals surface area contributed by atoms with Crippen LogP contribution in [-0.2, 0) is 4.74 Å². The maximum atomic E-state index is 13.7. The van der Waals surface area contributed by atoms with Crippen molar-refractivity contribution < 1.29 is 9.13 Å². The van der Waals surface area contributed by atoms with Gasteiger partial charge in [0.05, 0.1) is 18.9 Å². The zero-order valence-electron chi connectivity index (χ0n) is 16.1. The number of aryl methyl sites for hydroxylation is 1. The summed E-state index contributed by atoms with van der Waals surface area (Å²) in [6, 6.07) is 12.9. The van der Waals surface area contributed by atoms with Crippen molar-refractivity contribution in [2.75, 3.05) is 42.3 Å². The van der Waals surface area contributed by atoms with Crippen molar-refractivity contribution in [3.8, 4) is 0 Å². The molecular formula is C21H22FN5OS. The van der Waals surface area contributed by atoms with E-state index >= 15 is 0 Å². The number of ether oxygens (including phenoxy) is 1. The van der Waals surface area contributed by atoms with Crippen molar-refractivity contribution in [3.63, 3.8) is 0 Å². The van der Waals surface area contributed by atoms with Crippen LogP contribution < -0.4 is 16.0 Å². The van der Waals surface area contributed by atoms with E-state index in [-0.39, 0.29) is 5.69 Å². The predicted octanol–water partition coefficient (Wildman–Crippen LogP) is 4.24. The van der Waals surface area contributed by atoms with Gasteiger partial charge in [-0.25, -0.2) is 14.4 Å². The average Bonchev–Trinajstić information content (AvgIpc) is 2.74. The number of nitrogens with zero attached hydrogens (tertiary/aromatic N) is 3. The smallest absolute Gasteiger partial charge is 0.228 e. The second-order valence-electron chi connectivity index (χ2n) is 6.74. The van der Waals surface area contributed by atoms with Gasteiger partial charge >= 0.3 is 0 Å². The molecule has 3 aromatic rings. The molecule has 1 aromatic heterocycles. The van der Waals surface area contributed by atoms with Crippen molar-refractivity contribution >= 4 is 34.8 Å². The molecule has 1 saturated heterocycles. The molecule has 0 unspecified atom stereocenters. The summed E-state index contributed by atoms with van der Waals surface area (Å²) in [4.78, 5) is 12.0. The minimum absolute atomic E-state index is 0.136. The Kier molecular flexibility index (Phi) is 5.82. The first-order valence-corrected chi connectivity index (χ1v) is 10.2. The molecule has 0 atom stereocenters. The zero-order valence-corrected chi connectivity index (χ0v) is 16.9. The molecular weight excluding hydrogens is 389 g/mol. The lowest BCUT2D eigenvalue weighted by molar-refractivity contribution is 0.122. The maximum absolute atomic E-state index is 13.7. The Hall–Kier alpha value is -2.84. The Bertz CT molecular complexity index is 993. The van der Waals surface area contributed by atoms with E-state index in [9.17, 15) is 4.39 Å². The normalized spacial score (nSPS) is 14.1. The number of aromatic nitrogens is 2. The standard InChI is InChI=1S/C21H22FN5OS/c1-14-13-24-21(26-20(14)29-17-6-7-19(23)18(22)12-17)25-15-2-4-16(5-3-15)27-8-10-28-11-9-27/h2-7,12-13H,8-11,23H2,1H3,(H,24,25,26). The molecule has 0 spiro atoms. The van der Waals surface area contributed by atoms with Gasteiger partial charge in [-0.2, -0.15) is 0 Å². The van der Waals surface area contributed by atoms with Gasteiger partial charge in [0, 0.05) is 41.1 Å². The molecule has 2 aromatic carbocycles. The number of anilines is 4. The zero-order chi connectivity index (χ0) is 20.2. The van der Waals surface area contributed by atoms with Crippen molar-refractivity contribution in [3.05, 3.63) is 60.0 Å². The molecule has 0 bridgehead atoms. The Labute approximate surface area is 173 Å². The van der Waals surface area contributed by atoms with E-state index in [1.165, 1.54) is 23.5 Å². The molecule has 150 valence electrons. The number of nitrogen functional groups attached to an aromatic ring is 1. The van der Waals surface area contributed by atoms with Crippen LogP contribution in [0.4, 0.5) is 27.4 Å². The number of nitrogens with two attached hydrogens (primary N) is 1. The lowest BCUT2D eigenvalue weighted by atomic mass is 10.2. The summed E-state index contributed by atoms with van der Waals surface area (Å²) < 4.78 is 19.1.